The van der Waals surface area contributed by atoms with Gasteiger partial charge in [0.15, 0.2) is 0 Å². The van der Waals surface area contributed by atoms with E-state index in [0.29, 0.717) is 25.8 Å². The SMILES string of the molecule is CCCC1NC(=O)C(CC)N(CCc2nccn2C)C1=O. The van der Waals surface area contributed by atoms with Gasteiger partial charge in [-0.3, -0.25) is 9.59 Å². The Balaban J connectivity index is 2.10. The number of nitrogens with one attached hydrogen (secondary N) is 1. The summed E-state index contributed by atoms with van der Waals surface area (Å²) in [5, 5.41) is 2.85. The van der Waals surface area contributed by atoms with Crippen LogP contribution in [0.5, 0.6) is 0 Å². The molecule has 0 saturated carbocycles. The van der Waals surface area contributed by atoms with Crippen molar-refractivity contribution in [2.45, 2.75) is 51.6 Å². The first kappa shape index (κ1) is 15.5. The molecule has 1 N–H and O–H groups in total. The molecular weight excluding hydrogens is 268 g/mol. The van der Waals surface area contributed by atoms with Crippen molar-refractivity contribution in [2.75, 3.05) is 6.54 Å². The van der Waals surface area contributed by atoms with E-state index in [4.69, 9.17) is 0 Å². The van der Waals surface area contributed by atoms with Gasteiger partial charge in [-0.2, -0.15) is 0 Å². The topological polar surface area (TPSA) is 67.2 Å². The lowest BCUT2D eigenvalue weighted by Gasteiger charge is -2.38. The molecule has 0 radical (unpaired) electrons. The second-order valence-electron chi connectivity index (χ2n) is 5.51. The quantitative estimate of drug-likeness (QED) is 0.846. The summed E-state index contributed by atoms with van der Waals surface area (Å²) in [5.41, 5.74) is 0. The minimum Gasteiger partial charge on any atom is -0.343 e. The van der Waals surface area contributed by atoms with Crippen molar-refractivity contribution < 1.29 is 9.59 Å². The van der Waals surface area contributed by atoms with Gasteiger partial charge in [0.1, 0.15) is 17.9 Å². The third kappa shape index (κ3) is 3.25. The van der Waals surface area contributed by atoms with E-state index in [9.17, 15) is 9.59 Å². The first-order valence-corrected chi connectivity index (χ1v) is 7.65. The molecule has 1 aliphatic heterocycles. The number of aryl methyl sites for hydroxylation is 1. The van der Waals surface area contributed by atoms with E-state index in [0.717, 1.165) is 12.2 Å². The van der Waals surface area contributed by atoms with E-state index >= 15 is 0 Å². The van der Waals surface area contributed by atoms with E-state index < -0.39 is 0 Å². The van der Waals surface area contributed by atoms with Crippen LogP contribution < -0.4 is 5.32 Å². The highest BCUT2D eigenvalue weighted by molar-refractivity contribution is 5.96. The summed E-state index contributed by atoms with van der Waals surface area (Å²) in [5.74, 6) is 0.934. The molecule has 21 heavy (non-hydrogen) atoms. The molecule has 2 heterocycles. The molecule has 0 aliphatic carbocycles. The van der Waals surface area contributed by atoms with E-state index in [1.807, 2.05) is 31.7 Å². The van der Waals surface area contributed by atoms with Gasteiger partial charge in [-0.15, -0.1) is 0 Å². The molecule has 1 aliphatic rings. The maximum absolute atomic E-state index is 12.6. The van der Waals surface area contributed by atoms with E-state index in [1.54, 1.807) is 11.1 Å². The van der Waals surface area contributed by atoms with Crippen LogP contribution in [0.25, 0.3) is 0 Å². The lowest BCUT2D eigenvalue weighted by Crippen LogP contribution is -2.63. The zero-order valence-electron chi connectivity index (χ0n) is 13.0. The van der Waals surface area contributed by atoms with Gasteiger partial charge in [0.25, 0.3) is 0 Å². The Morgan fingerprint density at radius 2 is 2.10 bits per heavy atom. The molecule has 1 aromatic rings. The molecule has 2 unspecified atom stereocenters. The predicted molar refractivity (Wildman–Crippen MR) is 79.5 cm³/mol. The fourth-order valence-electron chi connectivity index (χ4n) is 2.84. The molecule has 116 valence electrons. The van der Waals surface area contributed by atoms with E-state index in [2.05, 4.69) is 10.3 Å². The average molecular weight is 292 g/mol. The maximum Gasteiger partial charge on any atom is 0.245 e. The van der Waals surface area contributed by atoms with Gasteiger partial charge in [-0.25, -0.2) is 4.98 Å². The van der Waals surface area contributed by atoms with E-state index in [1.165, 1.54) is 0 Å². The number of imidazole rings is 1. The normalized spacial score (nSPS) is 22.5. The van der Waals surface area contributed by atoms with Crippen molar-refractivity contribution in [1.29, 1.82) is 0 Å². The van der Waals surface area contributed by atoms with Crippen molar-refractivity contribution in [3.8, 4) is 0 Å². The van der Waals surface area contributed by atoms with Crippen molar-refractivity contribution >= 4 is 11.8 Å². The highest BCUT2D eigenvalue weighted by atomic mass is 16.2. The summed E-state index contributed by atoms with van der Waals surface area (Å²) >= 11 is 0. The zero-order valence-corrected chi connectivity index (χ0v) is 13.0. The van der Waals surface area contributed by atoms with Crippen LogP contribution >= 0.6 is 0 Å². The number of carbonyl (C=O) groups excluding carboxylic acids is 2. The molecule has 1 fully saturated rings. The largest absolute Gasteiger partial charge is 0.343 e. The molecule has 6 heteroatoms. The fraction of sp³-hybridized carbons (Fsp3) is 0.667. The van der Waals surface area contributed by atoms with Crippen LogP contribution in [-0.4, -0.2) is 44.9 Å². The van der Waals surface area contributed by atoms with Gasteiger partial charge in [-0.05, 0) is 12.8 Å². The number of hydrogen-bond donors (Lipinski definition) is 1. The molecule has 0 bridgehead atoms. The molecule has 6 nitrogen and oxygen atoms in total. The van der Waals surface area contributed by atoms with Crippen molar-refractivity contribution in [3.63, 3.8) is 0 Å². The first-order chi connectivity index (χ1) is 10.1. The monoisotopic (exact) mass is 292 g/mol. The van der Waals surface area contributed by atoms with Crippen LogP contribution in [-0.2, 0) is 23.1 Å². The zero-order chi connectivity index (χ0) is 15.4. The average Bonchev–Trinajstić information content (AvgIpc) is 2.86. The Morgan fingerprint density at radius 1 is 1.33 bits per heavy atom. The Bertz CT molecular complexity index is 512. The third-order valence-corrected chi connectivity index (χ3v) is 4.04. The molecule has 1 saturated heterocycles. The number of nitrogens with zero attached hydrogens (tertiary/aromatic N) is 3. The summed E-state index contributed by atoms with van der Waals surface area (Å²) in [4.78, 5) is 30.7. The summed E-state index contributed by atoms with van der Waals surface area (Å²) in [7, 11) is 1.93. The first-order valence-electron chi connectivity index (χ1n) is 7.65. The van der Waals surface area contributed by atoms with Gasteiger partial charge in [-0.1, -0.05) is 20.3 Å². The number of piperazine rings is 1. The molecule has 2 atom stereocenters. The van der Waals surface area contributed by atoms with Crippen LogP contribution in [0.3, 0.4) is 0 Å². The van der Waals surface area contributed by atoms with Crippen LogP contribution in [0, 0.1) is 0 Å². The van der Waals surface area contributed by atoms with Crippen LogP contribution in [0.2, 0.25) is 0 Å². The summed E-state index contributed by atoms with van der Waals surface area (Å²) in [6.45, 7) is 4.49. The van der Waals surface area contributed by atoms with Crippen LogP contribution in [0.1, 0.15) is 38.9 Å². The molecule has 2 amide bonds. The van der Waals surface area contributed by atoms with Gasteiger partial charge < -0.3 is 14.8 Å². The molecule has 0 spiro atoms. The highest BCUT2D eigenvalue weighted by Crippen LogP contribution is 2.16. The van der Waals surface area contributed by atoms with Crippen LogP contribution in [0.4, 0.5) is 0 Å². The lowest BCUT2D eigenvalue weighted by molar-refractivity contribution is -0.149. The maximum atomic E-state index is 12.6. The second kappa shape index (κ2) is 6.74. The number of rotatable bonds is 6. The summed E-state index contributed by atoms with van der Waals surface area (Å²) in [6.07, 6.45) is 6.50. The van der Waals surface area contributed by atoms with Gasteiger partial charge in [0, 0.05) is 32.4 Å². The molecular formula is C15H24N4O2. The fourth-order valence-corrected chi connectivity index (χ4v) is 2.84. The minimum absolute atomic E-state index is 0.0320. The molecule has 1 aromatic heterocycles. The molecule has 0 aromatic carbocycles. The minimum atomic E-state index is -0.369. The van der Waals surface area contributed by atoms with Crippen molar-refractivity contribution in [3.05, 3.63) is 18.2 Å². The predicted octanol–water partition coefficient (Wildman–Crippen LogP) is 0.868. The second-order valence-corrected chi connectivity index (χ2v) is 5.51. The van der Waals surface area contributed by atoms with Crippen molar-refractivity contribution in [1.82, 2.24) is 19.8 Å². The highest BCUT2D eigenvalue weighted by Gasteiger charge is 2.38. The number of carbonyl (C=O) groups is 2. The van der Waals surface area contributed by atoms with E-state index in [-0.39, 0.29) is 23.9 Å². The lowest BCUT2D eigenvalue weighted by atomic mass is 10.0. The summed E-state index contributed by atoms with van der Waals surface area (Å²) < 4.78 is 1.94. The Morgan fingerprint density at radius 3 is 2.67 bits per heavy atom. The van der Waals surface area contributed by atoms with Crippen LogP contribution in [0.15, 0.2) is 12.4 Å². The number of amides is 2. The Hall–Kier alpha value is -1.85. The number of hydrogen-bond acceptors (Lipinski definition) is 3. The van der Waals surface area contributed by atoms with Crippen molar-refractivity contribution in [2.24, 2.45) is 7.05 Å². The smallest absolute Gasteiger partial charge is 0.245 e. The summed E-state index contributed by atoms with van der Waals surface area (Å²) in [6, 6.07) is -0.724. The molecule has 2 rings (SSSR count). The standard InChI is InChI=1S/C15H24N4O2/c1-4-6-11-15(21)19(12(5-2)14(20)17-11)9-7-13-16-8-10-18(13)3/h8,10-12H,4-7,9H2,1-3H3,(H,17,20). The Labute approximate surface area is 125 Å². The Kier molecular flexibility index (Phi) is 4.98. The third-order valence-electron chi connectivity index (χ3n) is 4.04. The van der Waals surface area contributed by atoms with Gasteiger partial charge >= 0.3 is 0 Å². The van der Waals surface area contributed by atoms with Gasteiger partial charge in [0.05, 0.1) is 0 Å². The van der Waals surface area contributed by atoms with Gasteiger partial charge in [0.2, 0.25) is 11.8 Å². The number of aromatic nitrogens is 2.